The third-order valence-electron chi connectivity index (χ3n) is 3.68. The molecule has 0 radical (unpaired) electrons. The van der Waals surface area contributed by atoms with Gasteiger partial charge in [0, 0.05) is 43.3 Å². The molecule has 2 rings (SSSR count). The Morgan fingerprint density at radius 3 is 2.55 bits per heavy atom. The summed E-state index contributed by atoms with van der Waals surface area (Å²) in [5.74, 6) is 0.575. The molecule has 122 valence electrons. The molecule has 2 heterocycles. The van der Waals surface area contributed by atoms with Crippen LogP contribution >= 0.6 is 11.3 Å². The Morgan fingerprint density at radius 2 is 1.91 bits per heavy atom. The van der Waals surface area contributed by atoms with Crippen molar-refractivity contribution in [3.63, 3.8) is 0 Å². The smallest absolute Gasteiger partial charge is 0.280 e. The molecular formula is C16H25N3O2S. The summed E-state index contributed by atoms with van der Waals surface area (Å²) in [6.07, 6.45) is 1.53. The number of aromatic nitrogens is 1. The lowest BCUT2D eigenvalue weighted by Gasteiger charge is -2.22. The molecule has 1 N–H and O–H groups in total. The molecule has 1 aliphatic rings. The number of rotatable bonds is 4. The second-order valence-corrected chi connectivity index (χ2v) is 7.56. The lowest BCUT2D eigenvalue weighted by atomic mass is 10.2. The Balaban J connectivity index is 2.01. The fourth-order valence-electron chi connectivity index (χ4n) is 2.42. The van der Waals surface area contributed by atoms with Crippen LogP contribution in [-0.4, -0.2) is 41.3 Å². The Labute approximate surface area is 136 Å². The van der Waals surface area contributed by atoms with Crippen molar-refractivity contribution in [2.24, 2.45) is 11.8 Å². The first kappa shape index (κ1) is 16.9. The zero-order chi connectivity index (χ0) is 16.3. The number of thiazole rings is 1. The molecule has 0 bridgehead atoms. The van der Waals surface area contributed by atoms with Gasteiger partial charge in [-0.05, 0) is 5.92 Å². The van der Waals surface area contributed by atoms with E-state index in [0.29, 0.717) is 24.0 Å². The second-order valence-electron chi connectivity index (χ2n) is 6.47. The lowest BCUT2D eigenvalue weighted by Crippen LogP contribution is -2.36. The van der Waals surface area contributed by atoms with Crippen molar-refractivity contribution in [2.75, 3.05) is 19.6 Å². The summed E-state index contributed by atoms with van der Waals surface area (Å²) in [4.78, 5) is 31.7. The molecule has 0 saturated heterocycles. The van der Waals surface area contributed by atoms with Gasteiger partial charge >= 0.3 is 0 Å². The summed E-state index contributed by atoms with van der Waals surface area (Å²) in [5, 5.41) is 3.46. The highest BCUT2D eigenvalue weighted by atomic mass is 32.1. The van der Waals surface area contributed by atoms with Crippen molar-refractivity contribution in [2.45, 2.75) is 40.5 Å². The van der Waals surface area contributed by atoms with Crippen molar-refractivity contribution >= 4 is 23.2 Å². The molecule has 0 saturated carbocycles. The van der Waals surface area contributed by atoms with Gasteiger partial charge in [0.1, 0.15) is 0 Å². The van der Waals surface area contributed by atoms with Gasteiger partial charge in [0.2, 0.25) is 5.91 Å². The minimum absolute atomic E-state index is 0.0291. The van der Waals surface area contributed by atoms with E-state index >= 15 is 0 Å². The summed E-state index contributed by atoms with van der Waals surface area (Å²) in [6, 6.07) is 0. The maximum absolute atomic E-state index is 12.1. The van der Waals surface area contributed by atoms with Crippen LogP contribution in [0.3, 0.4) is 0 Å². The zero-order valence-electron chi connectivity index (χ0n) is 13.8. The van der Waals surface area contributed by atoms with E-state index in [1.165, 1.54) is 11.3 Å². The number of hydrogen-bond acceptors (Lipinski definition) is 4. The first-order valence-electron chi connectivity index (χ1n) is 7.94. The normalized spacial score (nSPS) is 14.9. The highest BCUT2D eigenvalue weighted by molar-refractivity contribution is 7.13. The summed E-state index contributed by atoms with van der Waals surface area (Å²) in [5.41, 5.74) is 0.985. The molecular weight excluding hydrogens is 298 g/mol. The zero-order valence-corrected chi connectivity index (χ0v) is 14.6. The van der Waals surface area contributed by atoms with Crippen molar-refractivity contribution in [1.29, 1.82) is 0 Å². The molecule has 0 spiro atoms. The molecule has 0 aliphatic carbocycles. The van der Waals surface area contributed by atoms with E-state index in [2.05, 4.69) is 24.1 Å². The Kier molecular flexibility index (Phi) is 5.56. The van der Waals surface area contributed by atoms with Gasteiger partial charge < -0.3 is 10.2 Å². The van der Waals surface area contributed by atoms with Crippen LogP contribution in [0, 0.1) is 11.8 Å². The average molecular weight is 323 g/mol. The van der Waals surface area contributed by atoms with Gasteiger partial charge in [-0.2, -0.15) is 0 Å². The van der Waals surface area contributed by atoms with Crippen LogP contribution in [0.15, 0.2) is 0 Å². The van der Waals surface area contributed by atoms with Crippen molar-refractivity contribution in [3.05, 3.63) is 15.6 Å². The molecule has 0 aromatic carbocycles. The van der Waals surface area contributed by atoms with E-state index in [9.17, 15) is 9.59 Å². The highest BCUT2D eigenvalue weighted by Crippen LogP contribution is 2.23. The molecule has 5 nitrogen and oxygen atoms in total. The van der Waals surface area contributed by atoms with Crippen molar-refractivity contribution in [3.8, 4) is 0 Å². The van der Waals surface area contributed by atoms with Gasteiger partial charge in [0.05, 0.1) is 5.69 Å². The van der Waals surface area contributed by atoms with Gasteiger partial charge in [-0.3, -0.25) is 9.59 Å². The maximum atomic E-state index is 12.1. The van der Waals surface area contributed by atoms with E-state index in [-0.39, 0.29) is 17.7 Å². The van der Waals surface area contributed by atoms with Crippen LogP contribution < -0.4 is 5.32 Å². The van der Waals surface area contributed by atoms with Crippen LogP contribution in [0.1, 0.15) is 48.1 Å². The molecule has 1 aliphatic heterocycles. The second kappa shape index (κ2) is 7.22. The minimum Gasteiger partial charge on any atom is -0.350 e. The van der Waals surface area contributed by atoms with Crippen LogP contribution in [-0.2, 0) is 17.6 Å². The molecule has 1 aromatic heterocycles. The molecule has 0 unspecified atom stereocenters. The van der Waals surface area contributed by atoms with Gasteiger partial charge in [-0.25, -0.2) is 4.98 Å². The van der Waals surface area contributed by atoms with E-state index in [1.807, 2.05) is 18.7 Å². The first-order chi connectivity index (χ1) is 10.4. The fraction of sp³-hybridized carbons (Fsp3) is 0.688. The predicted octanol–water partition coefficient (Wildman–Crippen LogP) is 2.11. The molecule has 0 atom stereocenters. The monoisotopic (exact) mass is 323 g/mol. The van der Waals surface area contributed by atoms with Gasteiger partial charge in [0.25, 0.3) is 5.91 Å². The molecule has 1 aromatic rings. The minimum atomic E-state index is -0.0816. The number of nitrogens with zero attached hydrogens (tertiary/aromatic N) is 2. The standard InChI is InChI=1S/C16H25N3O2S/c1-10(2)9-17-14(20)15-18-12-5-7-19(16(21)11(3)4)8-6-13(12)22-15/h10-11H,5-9H2,1-4H3,(H,17,20). The largest absolute Gasteiger partial charge is 0.350 e. The van der Waals surface area contributed by atoms with E-state index in [0.717, 1.165) is 30.0 Å². The topological polar surface area (TPSA) is 62.3 Å². The Morgan fingerprint density at radius 1 is 1.23 bits per heavy atom. The van der Waals surface area contributed by atoms with Gasteiger partial charge in [0.15, 0.2) is 5.01 Å². The fourth-order valence-corrected chi connectivity index (χ4v) is 3.43. The van der Waals surface area contributed by atoms with E-state index in [1.54, 1.807) is 0 Å². The quantitative estimate of drug-likeness (QED) is 0.923. The highest BCUT2D eigenvalue weighted by Gasteiger charge is 2.24. The molecule has 0 fully saturated rings. The van der Waals surface area contributed by atoms with Crippen LogP contribution in [0.5, 0.6) is 0 Å². The summed E-state index contributed by atoms with van der Waals surface area (Å²) < 4.78 is 0. The Hall–Kier alpha value is -1.43. The maximum Gasteiger partial charge on any atom is 0.280 e. The SMILES string of the molecule is CC(C)CNC(=O)c1nc2c(s1)CCN(C(=O)C(C)C)CC2. The predicted molar refractivity (Wildman–Crippen MR) is 88.1 cm³/mol. The number of fused-ring (bicyclic) bond motifs is 1. The average Bonchev–Trinajstić information content (AvgIpc) is 2.77. The third kappa shape index (κ3) is 4.06. The molecule has 22 heavy (non-hydrogen) atoms. The number of hydrogen-bond donors (Lipinski definition) is 1. The summed E-state index contributed by atoms with van der Waals surface area (Å²) in [7, 11) is 0. The summed E-state index contributed by atoms with van der Waals surface area (Å²) >= 11 is 1.47. The first-order valence-corrected chi connectivity index (χ1v) is 8.75. The van der Waals surface area contributed by atoms with Crippen LogP contribution in [0.4, 0.5) is 0 Å². The van der Waals surface area contributed by atoms with E-state index in [4.69, 9.17) is 0 Å². The van der Waals surface area contributed by atoms with Crippen molar-refractivity contribution < 1.29 is 9.59 Å². The third-order valence-corrected chi connectivity index (χ3v) is 4.83. The van der Waals surface area contributed by atoms with E-state index < -0.39 is 0 Å². The number of carbonyl (C=O) groups is 2. The molecule has 2 amide bonds. The summed E-state index contributed by atoms with van der Waals surface area (Å²) in [6.45, 7) is 10.1. The number of amides is 2. The van der Waals surface area contributed by atoms with Crippen molar-refractivity contribution in [1.82, 2.24) is 15.2 Å². The van der Waals surface area contributed by atoms with Crippen LogP contribution in [0.2, 0.25) is 0 Å². The molecule has 6 heteroatoms. The van der Waals surface area contributed by atoms with Crippen LogP contribution in [0.25, 0.3) is 0 Å². The lowest BCUT2D eigenvalue weighted by molar-refractivity contribution is -0.134. The Bertz CT molecular complexity index is 526. The number of nitrogens with one attached hydrogen (secondary N) is 1. The number of carbonyl (C=O) groups excluding carboxylic acids is 2. The van der Waals surface area contributed by atoms with Gasteiger partial charge in [-0.1, -0.05) is 27.7 Å². The van der Waals surface area contributed by atoms with Gasteiger partial charge in [-0.15, -0.1) is 11.3 Å².